The van der Waals surface area contributed by atoms with Crippen molar-refractivity contribution in [2.75, 3.05) is 18.6 Å². The lowest BCUT2D eigenvalue weighted by Gasteiger charge is -2.06. The number of nitrogens with zero attached hydrogens (tertiary/aromatic N) is 3. The Morgan fingerprint density at radius 1 is 1.15 bits per heavy atom. The van der Waals surface area contributed by atoms with Gasteiger partial charge in [-0.1, -0.05) is 12.1 Å². The molecule has 6 nitrogen and oxygen atoms in total. The minimum Gasteiger partial charge on any atom is -0.396 e. The number of hydrogen-bond acceptors (Lipinski definition) is 6. The quantitative estimate of drug-likeness (QED) is 0.469. The number of aliphatic hydroxyl groups excluding tert-OH is 1. The topological polar surface area (TPSA) is 101 Å². The van der Waals surface area contributed by atoms with Crippen molar-refractivity contribution < 1.29 is 5.11 Å². The lowest BCUT2D eigenvalue weighted by molar-refractivity contribution is 0.287. The van der Waals surface area contributed by atoms with Crippen LogP contribution in [0.5, 0.6) is 0 Å². The van der Waals surface area contributed by atoms with Crippen molar-refractivity contribution in [3.05, 3.63) is 42.4 Å². The molecule has 3 heterocycles. The summed E-state index contributed by atoms with van der Waals surface area (Å²) in [7, 11) is 0. The zero-order valence-electron chi connectivity index (χ0n) is 14.4. The van der Waals surface area contributed by atoms with Gasteiger partial charge in [0.2, 0.25) is 0 Å². The number of thioether (sulfide) groups is 1. The molecule has 0 spiro atoms. The summed E-state index contributed by atoms with van der Waals surface area (Å²) in [5, 5.41) is 11.0. The minimum atomic E-state index is 0.137. The number of hydrogen-bond donors (Lipinski definition) is 3. The van der Waals surface area contributed by atoms with Crippen LogP contribution < -0.4 is 5.73 Å². The van der Waals surface area contributed by atoms with Gasteiger partial charge in [0.05, 0.1) is 10.5 Å². The molecule has 7 heteroatoms. The smallest absolute Gasteiger partial charge is 0.150 e. The summed E-state index contributed by atoms with van der Waals surface area (Å²) >= 11 is 1.62. The highest BCUT2D eigenvalue weighted by Gasteiger charge is 2.12. The Morgan fingerprint density at radius 3 is 2.73 bits per heavy atom. The van der Waals surface area contributed by atoms with E-state index in [0.717, 1.165) is 43.9 Å². The van der Waals surface area contributed by atoms with Crippen LogP contribution in [0.1, 0.15) is 12.2 Å². The van der Waals surface area contributed by atoms with Gasteiger partial charge in [0.25, 0.3) is 0 Å². The number of anilines is 1. The largest absolute Gasteiger partial charge is 0.396 e. The minimum absolute atomic E-state index is 0.137. The number of pyridine rings is 2. The van der Waals surface area contributed by atoms with E-state index in [1.807, 2.05) is 30.7 Å². The normalized spacial score (nSPS) is 11.5. The maximum absolute atomic E-state index is 9.02. The summed E-state index contributed by atoms with van der Waals surface area (Å²) in [6, 6.07) is 10.2. The molecular weight excluding hydrogens is 346 g/mol. The lowest BCUT2D eigenvalue weighted by atomic mass is 10.0. The zero-order chi connectivity index (χ0) is 18.1. The number of aryl methyl sites for hydroxylation is 1. The number of nitrogens with two attached hydrogens (primary N) is 1. The first-order valence-corrected chi connectivity index (χ1v) is 9.61. The van der Waals surface area contributed by atoms with Crippen LogP contribution in [-0.2, 0) is 6.42 Å². The van der Waals surface area contributed by atoms with Crippen molar-refractivity contribution in [3.63, 3.8) is 0 Å². The van der Waals surface area contributed by atoms with E-state index in [2.05, 4.69) is 32.1 Å². The fourth-order valence-corrected chi connectivity index (χ4v) is 3.39. The van der Waals surface area contributed by atoms with Gasteiger partial charge < -0.3 is 15.8 Å². The van der Waals surface area contributed by atoms with Crippen LogP contribution in [0.15, 0.2) is 41.6 Å². The molecule has 4 aromatic rings. The molecular formula is C19H19N5OS. The Morgan fingerprint density at radius 2 is 2.00 bits per heavy atom. The van der Waals surface area contributed by atoms with Crippen molar-refractivity contribution in [1.29, 1.82) is 0 Å². The van der Waals surface area contributed by atoms with Crippen LogP contribution in [0, 0.1) is 0 Å². The molecule has 0 saturated carbocycles. The van der Waals surface area contributed by atoms with E-state index in [4.69, 9.17) is 10.8 Å². The average Bonchev–Trinajstić information content (AvgIpc) is 3.11. The van der Waals surface area contributed by atoms with E-state index in [0.29, 0.717) is 18.7 Å². The molecule has 0 radical (unpaired) electrons. The highest BCUT2D eigenvalue weighted by molar-refractivity contribution is 7.98. The first-order chi connectivity index (χ1) is 12.7. The third kappa shape index (κ3) is 3.00. The molecule has 132 valence electrons. The van der Waals surface area contributed by atoms with E-state index < -0.39 is 0 Å². The van der Waals surface area contributed by atoms with Crippen molar-refractivity contribution >= 4 is 39.5 Å². The molecule has 0 aliphatic carbocycles. The summed E-state index contributed by atoms with van der Waals surface area (Å²) in [5.74, 6) is 1.25. The highest BCUT2D eigenvalue weighted by atomic mass is 32.2. The Labute approximate surface area is 154 Å². The molecule has 0 bridgehead atoms. The second-order valence-corrected chi connectivity index (χ2v) is 6.88. The molecule has 0 aliphatic heterocycles. The number of benzene rings is 1. The van der Waals surface area contributed by atoms with E-state index >= 15 is 0 Å². The van der Waals surface area contributed by atoms with Crippen LogP contribution >= 0.6 is 11.8 Å². The number of aromatic amines is 1. The standard InChI is InChI=1S/C19H19N5OS/c1-26-16-7-5-12(10-21-16)11-4-6-13-14(9-11)22-19(20)18-17(13)23-15(24-18)3-2-8-25/h4-7,9-10,25H,2-3,8H2,1H3,(H2,20,22)(H,23,24). The molecule has 0 fully saturated rings. The van der Waals surface area contributed by atoms with Crippen LogP contribution in [0.3, 0.4) is 0 Å². The first-order valence-electron chi connectivity index (χ1n) is 8.38. The molecule has 1 aromatic carbocycles. The molecule has 4 N–H and O–H groups in total. The Bertz CT molecular complexity index is 1070. The van der Waals surface area contributed by atoms with Gasteiger partial charge >= 0.3 is 0 Å². The molecule has 4 rings (SSSR count). The molecule has 3 aromatic heterocycles. The first kappa shape index (κ1) is 16.8. The number of H-pyrrole nitrogens is 1. The number of imidazole rings is 1. The number of nitrogens with one attached hydrogen (secondary N) is 1. The summed E-state index contributed by atoms with van der Waals surface area (Å²) < 4.78 is 0. The van der Waals surface area contributed by atoms with Gasteiger partial charge in [-0.05, 0) is 36.4 Å². The molecule has 0 amide bonds. The Balaban J connectivity index is 1.81. The average molecular weight is 365 g/mol. The third-order valence-corrected chi connectivity index (χ3v) is 5.01. The van der Waals surface area contributed by atoms with Gasteiger partial charge in [-0.2, -0.15) is 0 Å². The fourth-order valence-electron chi connectivity index (χ4n) is 3.03. The van der Waals surface area contributed by atoms with Crippen LogP contribution in [0.4, 0.5) is 5.82 Å². The number of aliphatic hydroxyl groups is 1. The molecule has 0 saturated heterocycles. The Kier molecular flexibility index (Phi) is 4.48. The van der Waals surface area contributed by atoms with Crippen LogP contribution in [0.2, 0.25) is 0 Å². The van der Waals surface area contributed by atoms with Crippen molar-refractivity contribution in [2.24, 2.45) is 0 Å². The van der Waals surface area contributed by atoms with E-state index in [9.17, 15) is 0 Å². The number of fused-ring (bicyclic) bond motifs is 3. The van der Waals surface area contributed by atoms with Gasteiger partial charge in [0.15, 0.2) is 0 Å². The molecule has 26 heavy (non-hydrogen) atoms. The van der Waals surface area contributed by atoms with Crippen LogP contribution in [0.25, 0.3) is 33.1 Å². The summed E-state index contributed by atoms with van der Waals surface area (Å²) in [5.41, 5.74) is 10.6. The maximum Gasteiger partial charge on any atom is 0.150 e. The zero-order valence-corrected chi connectivity index (χ0v) is 15.2. The Hall–Kier alpha value is -2.64. The fraction of sp³-hybridized carbons (Fsp3) is 0.211. The van der Waals surface area contributed by atoms with Crippen molar-refractivity contribution in [2.45, 2.75) is 17.9 Å². The molecule has 0 unspecified atom stereocenters. The van der Waals surface area contributed by atoms with Crippen molar-refractivity contribution in [3.8, 4) is 11.1 Å². The number of rotatable bonds is 5. The summed E-state index contributed by atoms with van der Waals surface area (Å²) in [4.78, 5) is 16.9. The third-order valence-electron chi connectivity index (χ3n) is 4.35. The van der Waals surface area contributed by atoms with Gasteiger partial charge in [-0.25, -0.2) is 15.0 Å². The lowest BCUT2D eigenvalue weighted by Crippen LogP contribution is -1.94. The van der Waals surface area contributed by atoms with E-state index in [-0.39, 0.29) is 6.61 Å². The SMILES string of the molecule is CSc1ccc(-c2ccc3c(c2)nc(N)c2[nH]c(CCCO)nc23)cn1. The second-order valence-electron chi connectivity index (χ2n) is 6.05. The second kappa shape index (κ2) is 6.93. The van der Waals surface area contributed by atoms with Gasteiger partial charge in [0, 0.05) is 30.2 Å². The highest BCUT2D eigenvalue weighted by Crippen LogP contribution is 2.30. The predicted molar refractivity (Wildman–Crippen MR) is 106 cm³/mol. The summed E-state index contributed by atoms with van der Waals surface area (Å²) in [6.45, 7) is 0.137. The van der Waals surface area contributed by atoms with Gasteiger partial charge in [0.1, 0.15) is 22.7 Å². The van der Waals surface area contributed by atoms with E-state index in [1.54, 1.807) is 11.8 Å². The van der Waals surface area contributed by atoms with E-state index in [1.165, 1.54) is 0 Å². The maximum atomic E-state index is 9.02. The monoisotopic (exact) mass is 365 g/mol. The van der Waals surface area contributed by atoms with Gasteiger partial charge in [-0.3, -0.25) is 0 Å². The summed E-state index contributed by atoms with van der Waals surface area (Å²) in [6.07, 6.45) is 5.22. The molecule has 0 aliphatic rings. The van der Waals surface area contributed by atoms with Crippen LogP contribution in [-0.4, -0.2) is 37.9 Å². The predicted octanol–water partition coefficient (Wildman–Crippen LogP) is 3.40. The van der Waals surface area contributed by atoms with Gasteiger partial charge in [-0.15, -0.1) is 11.8 Å². The molecule has 0 atom stereocenters. The van der Waals surface area contributed by atoms with Crippen molar-refractivity contribution in [1.82, 2.24) is 19.9 Å². The number of nitrogen functional groups attached to an aromatic ring is 1. The number of aromatic nitrogens is 4.